The van der Waals surface area contributed by atoms with Gasteiger partial charge in [0, 0.05) is 13.0 Å². The highest BCUT2D eigenvalue weighted by molar-refractivity contribution is 7.71. The Balaban J connectivity index is 3.42. The van der Waals surface area contributed by atoms with Crippen LogP contribution < -0.4 is 5.56 Å². The lowest BCUT2D eigenvalue weighted by Gasteiger charge is -1.92. The zero-order chi connectivity index (χ0) is 8.43. The Hall–Kier alpha value is -1.23. The van der Waals surface area contributed by atoms with Gasteiger partial charge in [0.25, 0.3) is 5.56 Å². The smallest absolute Gasteiger partial charge is 0.252 e. The Bertz CT molecular complexity index is 362. The molecule has 0 unspecified atom stereocenters. The molecular weight excluding hydrogens is 164 g/mol. The molecule has 1 aromatic rings. The minimum atomic E-state index is -0.362. The van der Waals surface area contributed by atoms with Crippen molar-refractivity contribution >= 4 is 18.0 Å². The zero-order valence-corrected chi connectivity index (χ0v) is 6.62. The molecule has 11 heavy (non-hydrogen) atoms. The largest absolute Gasteiger partial charge is 0.329 e. The summed E-state index contributed by atoms with van der Waals surface area (Å²) >= 11 is 4.64. The first-order chi connectivity index (χ1) is 5.09. The van der Waals surface area contributed by atoms with E-state index < -0.39 is 0 Å². The molecule has 0 spiro atoms. The minimum absolute atomic E-state index is 0.169. The molecule has 1 rings (SSSR count). The maximum Gasteiger partial charge on any atom is 0.252 e. The second kappa shape index (κ2) is 2.79. The maximum atomic E-state index is 10.7. The summed E-state index contributed by atoms with van der Waals surface area (Å²) in [5.74, 6) is -0.206. The van der Waals surface area contributed by atoms with E-state index in [1.807, 2.05) is 0 Å². The van der Waals surface area contributed by atoms with E-state index in [0.29, 0.717) is 0 Å². The molecule has 0 saturated carbocycles. The van der Waals surface area contributed by atoms with Crippen molar-refractivity contribution in [1.29, 1.82) is 0 Å². The third kappa shape index (κ3) is 1.84. The van der Waals surface area contributed by atoms with Crippen molar-refractivity contribution < 1.29 is 4.79 Å². The van der Waals surface area contributed by atoms with Gasteiger partial charge in [0.2, 0.25) is 0 Å². The molecular formula is C6H6N2O2S. The standard InChI is InChI=1S/C6H6N2O2S/c1-3(9)4-2-5(10)8-6(11)7-4/h2H,1H3,(H2,7,8,10,11). The lowest BCUT2D eigenvalue weighted by atomic mass is 10.3. The number of hydrogen-bond donors (Lipinski definition) is 2. The molecule has 0 saturated heterocycles. The zero-order valence-electron chi connectivity index (χ0n) is 5.80. The van der Waals surface area contributed by atoms with E-state index >= 15 is 0 Å². The number of hydrogen-bond acceptors (Lipinski definition) is 3. The number of carbonyl (C=O) groups excluding carboxylic acids is 1. The quantitative estimate of drug-likeness (QED) is 0.480. The van der Waals surface area contributed by atoms with Crippen LogP contribution in [0.15, 0.2) is 10.9 Å². The van der Waals surface area contributed by atoms with Crippen LogP contribution in [0.5, 0.6) is 0 Å². The van der Waals surface area contributed by atoms with Crippen LogP contribution in [0.3, 0.4) is 0 Å². The van der Waals surface area contributed by atoms with Gasteiger partial charge in [-0.2, -0.15) is 0 Å². The van der Waals surface area contributed by atoms with Crippen LogP contribution in [-0.2, 0) is 0 Å². The van der Waals surface area contributed by atoms with Gasteiger partial charge >= 0.3 is 0 Å². The fourth-order valence-electron chi connectivity index (χ4n) is 0.658. The van der Waals surface area contributed by atoms with E-state index in [2.05, 4.69) is 22.2 Å². The van der Waals surface area contributed by atoms with Crippen molar-refractivity contribution in [2.75, 3.05) is 0 Å². The lowest BCUT2D eigenvalue weighted by molar-refractivity contribution is 0.101. The van der Waals surface area contributed by atoms with Gasteiger partial charge in [-0.25, -0.2) is 0 Å². The first kappa shape index (κ1) is 7.87. The van der Waals surface area contributed by atoms with Gasteiger partial charge in [-0.3, -0.25) is 14.6 Å². The molecule has 0 aliphatic heterocycles. The first-order valence-electron chi connectivity index (χ1n) is 2.94. The number of rotatable bonds is 1. The van der Waals surface area contributed by atoms with Crippen molar-refractivity contribution in [2.24, 2.45) is 0 Å². The average Bonchev–Trinajstić information content (AvgIpc) is 1.85. The van der Waals surface area contributed by atoms with Crippen molar-refractivity contribution in [1.82, 2.24) is 9.97 Å². The fraction of sp³-hybridized carbons (Fsp3) is 0.167. The van der Waals surface area contributed by atoms with Crippen LogP contribution in [0.25, 0.3) is 0 Å². The van der Waals surface area contributed by atoms with Gasteiger partial charge in [-0.1, -0.05) is 0 Å². The maximum absolute atomic E-state index is 10.7. The predicted octanol–water partition coefficient (Wildman–Crippen LogP) is 0.635. The van der Waals surface area contributed by atoms with E-state index in [4.69, 9.17) is 0 Å². The predicted molar refractivity (Wildman–Crippen MR) is 42.3 cm³/mol. The highest BCUT2D eigenvalue weighted by Crippen LogP contribution is 1.88. The molecule has 0 atom stereocenters. The van der Waals surface area contributed by atoms with E-state index in [1.165, 1.54) is 13.0 Å². The van der Waals surface area contributed by atoms with Crippen molar-refractivity contribution in [3.8, 4) is 0 Å². The van der Waals surface area contributed by atoms with Crippen LogP contribution in [0.2, 0.25) is 0 Å². The normalized spacial score (nSPS) is 9.55. The van der Waals surface area contributed by atoms with E-state index in [1.54, 1.807) is 0 Å². The third-order valence-electron chi connectivity index (χ3n) is 1.14. The van der Waals surface area contributed by atoms with Gasteiger partial charge < -0.3 is 4.98 Å². The van der Waals surface area contributed by atoms with Crippen LogP contribution >= 0.6 is 12.2 Å². The van der Waals surface area contributed by atoms with Crippen molar-refractivity contribution in [2.45, 2.75) is 6.92 Å². The van der Waals surface area contributed by atoms with Crippen molar-refractivity contribution in [3.63, 3.8) is 0 Å². The number of Topliss-reactive ketones (excluding diaryl/α,β-unsaturated/α-hetero) is 1. The Morgan fingerprint density at radius 1 is 1.55 bits per heavy atom. The molecule has 5 heteroatoms. The molecule has 0 radical (unpaired) electrons. The summed E-state index contributed by atoms with van der Waals surface area (Å²) in [6, 6.07) is 1.18. The number of aromatic amines is 2. The summed E-state index contributed by atoms with van der Waals surface area (Å²) < 4.78 is 0.169. The highest BCUT2D eigenvalue weighted by Gasteiger charge is 1.98. The fourth-order valence-corrected chi connectivity index (χ4v) is 0.869. The lowest BCUT2D eigenvalue weighted by Crippen LogP contribution is -2.10. The molecule has 1 aromatic heterocycles. The molecule has 58 valence electrons. The topological polar surface area (TPSA) is 65.7 Å². The van der Waals surface area contributed by atoms with Crippen LogP contribution in [0.1, 0.15) is 17.4 Å². The molecule has 2 N–H and O–H groups in total. The summed E-state index contributed by atoms with van der Waals surface area (Å²) in [6.07, 6.45) is 0. The number of nitrogens with one attached hydrogen (secondary N) is 2. The van der Waals surface area contributed by atoms with Gasteiger partial charge in [-0.15, -0.1) is 0 Å². The third-order valence-corrected chi connectivity index (χ3v) is 1.34. The highest BCUT2D eigenvalue weighted by atomic mass is 32.1. The van der Waals surface area contributed by atoms with E-state index in [9.17, 15) is 9.59 Å². The number of H-pyrrole nitrogens is 2. The molecule has 0 aliphatic carbocycles. The molecule has 4 nitrogen and oxygen atoms in total. The molecule has 0 fully saturated rings. The van der Waals surface area contributed by atoms with Crippen LogP contribution in [0, 0.1) is 4.77 Å². The summed E-state index contributed by atoms with van der Waals surface area (Å²) in [6.45, 7) is 1.36. The average molecular weight is 170 g/mol. The monoisotopic (exact) mass is 170 g/mol. The summed E-state index contributed by atoms with van der Waals surface area (Å²) in [7, 11) is 0. The number of aromatic nitrogens is 2. The van der Waals surface area contributed by atoms with Crippen molar-refractivity contribution in [3.05, 3.63) is 26.9 Å². The van der Waals surface area contributed by atoms with Gasteiger partial charge in [0.05, 0.1) is 5.69 Å². The molecule has 0 amide bonds. The Morgan fingerprint density at radius 2 is 2.18 bits per heavy atom. The van der Waals surface area contributed by atoms with E-state index in [-0.39, 0.29) is 21.8 Å². The molecule has 0 aromatic carbocycles. The minimum Gasteiger partial charge on any atom is -0.329 e. The Kier molecular flexibility index (Phi) is 2.00. The molecule has 1 heterocycles. The number of carbonyl (C=O) groups is 1. The van der Waals surface area contributed by atoms with E-state index in [0.717, 1.165) is 0 Å². The molecule has 0 bridgehead atoms. The van der Waals surface area contributed by atoms with Gasteiger partial charge in [0.15, 0.2) is 10.6 Å². The first-order valence-corrected chi connectivity index (χ1v) is 3.35. The summed E-state index contributed by atoms with van der Waals surface area (Å²) in [4.78, 5) is 26.3. The van der Waals surface area contributed by atoms with Crippen LogP contribution in [0.4, 0.5) is 0 Å². The van der Waals surface area contributed by atoms with Crippen LogP contribution in [-0.4, -0.2) is 15.8 Å². The Morgan fingerprint density at radius 3 is 2.64 bits per heavy atom. The second-order valence-electron chi connectivity index (χ2n) is 2.06. The second-order valence-corrected chi connectivity index (χ2v) is 2.47. The van der Waals surface area contributed by atoms with Gasteiger partial charge in [0.1, 0.15) is 0 Å². The molecule has 0 aliphatic rings. The Labute approximate surface area is 67.3 Å². The number of ketones is 1. The summed E-state index contributed by atoms with van der Waals surface area (Å²) in [5.41, 5.74) is -0.127. The van der Waals surface area contributed by atoms with Gasteiger partial charge in [-0.05, 0) is 12.2 Å². The SMILES string of the molecule is CC(=O)c1cc(=O)[nH]c(=S)[nH]1. The summed E-state index contributed by atoms with van der Waals surface area (Å²) in [5, 5.41) is 0.